The molecule has 1 aromatic rings. The number of aliphatic hydroxyl groups is 1. The van der Waals surface area contributed by atoms with Crippen LogP contribution in [0.25, 0.3) is 0 Å². The zero-order valence-electron chi connectivity index (χ0n) is 10.8. The highest BCUT2D eigenvalue weighted by atomic mass is 32.2. The second kappa shape index (κ2) is 6.07. The van der Waals surface area contributed by atoms with Gasteiger partial charge in [0.1, 0.15) is 0 Å². The number of imide groups is 1. The predicted molar refractivity (Wildman–Crippen MR) is 71.9 cm³/mol. The van der Waals surface area contributed by atoms with Crippen molar-refractivity contribution in [3.05, 3.63) is 29.8 Å². The van der Waals surface area contributed by atoms with Gasteiger partial charge in [-0.3, -0.25) is 9.59 Å². The fourth-order valence-corrected chi connectivity index (χ4v) is 2.92. The van der Waals surface area contributed by atoms with E-state index in [1.54, 1.807) is 0 Å². The molecule has 0 radical (unpaired) electrons. The number of alkyl halides is 3. The number of thioether (sulfide) groups is 1. The number of hydrogen-bond acceptors (Lipinski definition) is 4. The lowest BCUT2D eigenvalue weighted by Crippen LogP contribution is -2.31. The van der Waals surface area contributed by atoms with E-state index in [2.05, 4.69) is 0 Å². The first-order valence-corrected chi connectivity index (χ1v) is 7.16. The van der Waals surface area contributed by atoms with Crippen LogP contribution in [-0.2, 0) is 15.8 Å². The van der Waals surface area contributed by atoms with E-state index in [1.165, 1.54) is 6.07 Å². The van der Waals surface area contributed by atoms with Crippen molar-refractivity contribution in [2.45, 2.75) is 17.8 Å². The zero-order chi connectivity index (χ0) is 15.6. The Morgan fingerprint density at radius 1 is 1.33 bits per heavy atom. The van der Waals surface area contributed by atoms with Gasteiger partial charge in [-0.1, -0.05) is 6.07 Å². The summed E-state index contributed by atoms with van der Waals surface area (Å²) in [6.45, 7) is -0.133. The summed E-state index contributed by atoms with van der Waals surface area (Å²) in [4.78, 5) is 24.8. The summed E-state index contributed by atoms with van der Waals surface area (Å²) in [6.07, 6.45) is -4.60. The Morgan fingerprint density at radius 2 is 2.05 bits per heavy atom. The molecule has 21 heavy (non-hydrogen) atoms. The van der Waals surface area contributed by atoms with E-state index in [9.17, 15) is 22.8 Å². The van der Waals surface area contributed by atoms with Crippen molar-refractivity contribution in [1.29, 1.82) is 0 Å². The van der Waals surface area contributed by atoms with Gasteiger partial charge in [-0.2, -0.15) is 13.2 Å². The van der Waals surface area contributed by atoms with Crippen LogP contribution in [0.2, 0.25) is 0 Å². The van der Waals surface area contributed by atoms with Crippen molar-refractivity contribution in [3.63, 3.8) is 0 Å². The number of aliphatic hydroxyl groups excluding tert-OH is 1. The highest BCUT2D eigenvalue weighted by Crippen LogP contribution is 2.34. The maximum Gasteiger partial charge on any atom is 0.416 e. The van der Waals surface area contributed by atoms with Crippen LogP contribution >= 0.6 is 11.8 Å². The first-order chi connectivity index (χ1) is 9.84. The summed E-state index contributed by atoms with van der Waals surface area (Å²) in [6, 6.07) is 4.12. The van der Waals surface area contributed by atoms with Crippen LogP contribution in [0.1, 0.15) is 12.0 Å². The molecule has 2 rings (SSSR count). The third kappa shape index (κ3) is 3.38. The van der Waals surface area contributed by atoms with E-state index in [-0.39, 0.29) is 18.7 Å². The average molecular weight is 319 g/mol. The van der Waals surface area contributed by atoms with Crippen LogP contribution in [0.3, 0.4) is 0 Å². The van der Waals surface area contributed by atoms with Gasteiger partial charge < -0.3 is 5.11 Å². The predicted octanol–water partition coefficient (Wildman–Crippen LogP) is 2.06. The molecule has 1 heterocycles. The summed E-state index contributed by atoms with van der Waals surface area (Å²) >= 11 is 1.12. The highest BCUT2D eigenvalue weighted by Gasteiger charge is 2.40. The molecular formula is C13H12F3NO3S. The smallest absolute Gasteiger partial charge is 0.396 e. The molecule has 0 aromatic heterocycles. The Kier molecular flexibility index (Phi) is 4.58. The van der Waals surface area contributed by atoms with E-state index < -0.39 is 28.8 Å². The van der Waals surface area contributed by atoms with Crippen molar-refractivity contribution in [2.24, 2.45) is 0 Å². The van der Waals surface area contributed by atoms with Crippen molar-refractivity contribution in [1.82, 2.24) is 0 Å². The summed E-state index contributed by atoms with van der Waals surface area (Å²) < 4.78 is 38.0. The third-order valence-electron chi connectivity index (χ3n) is 2.95. The Labute approximate surface area is 122 Å². The normalized spacial score (nSPS) is 19.4. The molecule has 1 unspecified atom stereocenters. The molecule has 0 saturated carbocycles. The minimum atomic E-state index is -4.53. The maximum atomic E-state index is 12.7. The van der Waals surface area contributed by atoms with Gasteiger partial charge in [0.15, 0.2) is 0 Å². The van der Waals surface area contributed by atoms with Gasteiger partial charge in [-0.25, -0.2) is 4.90 Å². The zero-order valence-corrected chi connectivity index (χ0v) is 11.6. The van der Waals surface area contributed by atoms with E-state index >= 15 is 0 Å². The molecule has 4 nitrogen and oxygen atoms in total. The Hall–Kier alpha value is -1.54. The number of carbonyl (C=O) groups is 2. The van der Waals surface area contributed by atoms with Gasteiger partial charge in [-0.15, -0.1) is 11.8 Å². The Morgan fingerprint density at radius 3 is 2.67 bits per heavy atom. The number of carbonyl (C=O) groups excluding carboxylic acids is 2. The molecular weight excluding hydrogens is 307 g/mol. The summed E-state index contributed by atoms with van der Waals surface area (Å²) in [5, 5.41) is 8.08. The first kappa shape index (κ1) is 15.8. The second-order valence-electron chi connectivity index (χ2n) is 4.40. The van der Waals surface area contributed by atoms with E-state index in [4.69, 9.17) is 5.11 Å². The number of benzene rings is 1. The number of nitrogens with zero attached hydrogens (tertiary/aromatic N) is 1. The van der Waals surface area contributed by atoms with E-state index in [0.717, 1.165) is 34.9 Å². The molecule has 0 aliphatic carbocycles. The number of anilines is 1. The molecule has 2 amide bonds. The lowest BCUT2D eigenvalue weighted by Gasteiger charge is -2.16. The number of rotatable bonds is 4. The SMILES string of the molecule is O=C1CC(SCCO)C(=O)N1c1cccc(C(F)(F)F)c1. The average Bonchev–Trinajstić information content (AvgIpc) is 2.70. The molecule has 1 aromatic carbocycles. The van der Waals surface area contributed by atoms with Gasteiger partial charge in [0.25, 0.3) is 0 Å². The molecule has 1 fully saturated rings. The number of halogens is 3. The van der Waals surface area contributed by atoms with Gasteiger partial charge in [0.05, 0.1) is 23.1 Å². The molecule has 114 valence electrons. The molecule has 8 heteroatoms. The first-order valence-electron chi connectivity index (χ1n) is 6.11. The van der Waals surface area contributed by atoms with Crippen LogP contribution in [-0.4, -0.2) is 34.5 Å². The van der Waals surface area contributed by atoms with Crippen molar-refractivity contribution < 1.29 is 27.9 Å². The molecule has 0 bridgehead atoms. The Bertz CT molecular complexity index is 562. The van der Waals surface area contributed by atoms with Gasteiger partial charge >= 0.3 is 6.18 Å². The Balaban J connectivity index is 2.26. The topological polar surface area (TPSA) is 57.6 Å². The summed E-state index contributed by atoms with van der Waals surface area (Å²) in [5.74, 6) is -0.785. The molecule has 1 aliphatic heterocycles. The summed E-state index contributed by atoms with van der Waals surface area (Å²) in [5.41, 5.74) is -0.987. The fourth-order valence-electron chi connectivity index (χ4n) is 2.02. The van der Waals surface area contributed by atoms with Crippen LogP contribution < -0.4 is 4.90 Å². The van der Waals surface area contributed by atoms with Gasteiger partial charge in [0.2, 0.25) is 11.8 Å². The van der Waals surface area contributed by atoms with Crippen LogP contribution in [0.15, 0.2) is 24.3 Å². The highest BCUT2D eigenvalue weighted by molar-refractivity contribution is 8.00. The maximum absolute atomic E-state index is 12.7. The van der Waals surface area contributed by atoms with Gasteiger partial charge in [0, 0.05) is 12.2 Å². The van der Waals surface area contributed by atoms with Crippen LogP contribution in [0.4, 0.5) is 18.9 Å². The monoisotopic (exact) mass is 319 g/mol. The van der Waals surface area contributed by atoms with E-state index in [1.807, 2.05) is 0 Å². The second-order valence-corrected chi connectivity index (χ2v) is 5.71. The summed E-state index contributed by atoms with van der Waals surface area (Å²) in [7, 11) is 0. The fraction of sp³-hybridized carbons (Fsp3) is 0.385. The number of amides is 2. The molecule has 1 aliphatic rings. The van der Waals surface area contributed by atoms with Crippen LogP contribution in [0.5, 0.6) is 0 Å². The molecule has 1 saturated heterocycles. The lowest BCUT2D eigenvalue weighted by atomic mass is 10.2. The van der Waals surface area contributed by atoms with Crippen molar-refractivity contribution in [3.8, 4) is 0 Å². The third-order valence-corrected chi connectivity index (χ3v) is 4.14. The molecule has 1 N–H and O–H groups in total. The molecule has 1 atom stereocenters. The largest absolute Gasteiger partial charge is 0.416 e. The quantitative estimate of drug-likeness (QED) is 0.863. The standard InChI is InChI=1S/C13H12F3NO3S/c14-13(15,16)8-2-1-3-9(6-8)17-11(19)7-10(12(17)20)21-5-4-18/h1-3,6,10,18H,4-5,7H2. The minimum Gasteiger partial charge on any atom is -0.396 e. The number of hydrogen-bond donors (Lipinski definition) is 1. The molecule has 0 spiro atoms. The van der Waals surface area contributed by atoms with Crippen LogP contribution in [0, 0.1) is 0 Å². The van der Waals surface area contributed by atoms with Gasteiger partial charge in [-0.05, 0) is 18.2 Å². The lowest BCUT2D eigenvalue weighted by molar-refractivity contribution is -0.137. The van der Waals surface area contributed by atoms with E-state index in [0.29, 0.717) is 5.75 Å². The van der Waals surface area contributed by atoms with Crippen molar-refractivity contribution >= 4 is 29.3 Å². The minimum absolute atomic E-state index is 0.0697. The van der Waals surface area contributed by atoms with Crippen molar-refractivity contribution in [2.75, 3.05) is 17.3 Å².